The highest BCUT2D eigenvalue weighted by Crippen LogP contribution is 2.09. The zero-order valence-electron chi connectivity index (χ0n) is 8.03. The van der Waals surface area contributed by atoms with Gasteiger partial charge in [0.15, 0.2) is 0 Å². The highest BCUT2D eigenvalue weighted by Gasteiger charge is 2.07. The predicted molar refractivity (Wildman–Crippen MR) is 50.9 cm³/mol. The summed E-state index contributed by atoms with van der Waals surface area (Å²) in [4.78, 5) is 14.7. The number of pyridine rings is 1. The van der Waals surface area contributed by atoms with Crippen LogP contribution in [0, 0.1) is 0 Å². The van der Waals surface area contributed by atoms with E-state index in [1.807, 2.05) is 6.92 Å². The molecule has 1 aromatic heterocycles. The van der Waals surface area contributed by atoms with Gasteiger partial charge in [0.1, 0.15) is 0 Å². The van der Waals surface area contributed by atoms with E-state index in [0.29, 0.717) is 12.1 Å². The van der Waals surface area contributed by atoms with Crippen LogP contribution in [-0.4, -0.2) is 21.2 Å². The molecule has 2 N–H and O–H groups in total. The number of carboxylic acids is 1. The van der Waals surface area contributed by atoms with Crippen molar-refractivity contribution in [3.05, 3.63) is 29.1 Å². The topological polar surface area (TPSA) is 70.4 Å². The van der Waals surface area contributed by atoms with Crippen molar-refractivity contribution in [2.45, 2.75) is 26.4 Å². The Labute approximate surface area is 82.2 Å². The van der Waals surface area contributed by atoms with Crippen molar-refractivity contribution < 1.29 is 15.0 Å². The van der Waals surface area contributed by atoms with Crippen LogP contribution in [0.1, 0.15) is 23.9 Å². The van der Waals surface area contributed by atoms with Gasteiger partial charge in [0.2, 0.25) is 0 Å². The van der Waals surface area contributed by atoms with Crippen molar-refractivity contribution in [3.63, 3.8) is 0 Å². The molecule has 0 radical (unpaired) electrons. The fourth-order valence-electron chi connectivity index (χ4n) is 1.29. The van der Waals surface area contributed by atoms with Gasteiger partial charge in [-0.05, 0) is 18.1 Å². The Morgan fingerprint density at radius 2 is 2.21 bits per heavy atom. The SMILES string of the molecule is CCc1nc(CO)ccc1CC(=O)O. The maximum atomic E-state index is 10.5. The molecule has 14 heavy (non-hydrogen) atoms. The fraction of sp³-hybridized carbons (Fsp3) is 0.400. The summed E-state index contributed by atoms with van der Waals surface area (Å²) >= 11 is 0. The number of carbonyl (C=O) groups is 1. The number of aliphatic hydroxyl groups excluding tert-OH is 1. The minimum absolute atomic E-state index is 0.0120. The molecular formula is C10H13NO3. The van der Waals surface area contributed by atoms with E-state index < -0.39 is 5.97 Å². The van der Waals surface area contributed by atoms with Crippen LogP contribution >= 0.6 is 0 Å². The Morgan fingerprint density at radius 3 is 2.71 bits per heavy atom. The third-order valence-corrected chi connectivity index (χ3v) is 1.96. The Bertz CT molecular complexity index is 336. The molecule has 0 unspecified atom stereocenters. The van der Waals surface area contributed by atoms with Crippen molar-refractivity contribution in [2.75, 3.05) is 0 Å². The fourth-order valence-corrected chi connectivity index (χ4v) is 1.29. The maximum Gasteiger partial charge on any atom is 0.307 e. The number of aliphatic carboxylic acids is 1. The lowest BCUT2D eigenvalue weighted by atomic mass is 10.1. The molecule has 0 aromatic carbocycles. The number of hydrogen-bond donors (Lipinski definition) is 2. The standard InChI is InChI=1S/C10H13NO3/c1-2-9-7(5-10(13)14)3-4-8(6-12)11-9/h3-4,12H,2,5-6H2,1H3,(H,13,14). The van der Waals surface area contributed by atoms with Crippen molar-refractivity contribution >= 4 is 5.97 Å². The van der Waals surface area contributed by atoms with E-state index >= 15 is 0 Å². The Kier molecular flexibility index (Phi) is 3.59. The molecule has 1 heterocycles. The third-order valence-electron chi connectivity index (χ3n) is 1.96. The number of carboxylic acid groups (broad SMARTS) is 1. The lowest BCUT2D eigenvalue weighted by Gasteiger charge is -2.06. The first-order chi connectivity index (χ1) is 6.67. The van der Waals surface area contributed by atoms with Crippen LogP contribution < -0.4 is 0 Å². The normalized spacial score (nSPS) is 10.1. The molecular weight excluding hydrogens is 182 g/mol. The average molecular weight is 195 g/mol. The molecule has 4 nitrogen and oxygen atoms in total. The summed E-state index contributed by atoms with van der Waals surface area (Å²) in [7, 11) is 0. The molecule has 0 saturated carbocycles. The summed E-state index contributed by atoms with van der Waals surface area (Å²) in [6.07, 6.45) is 0.665. The molecule has 0 aliphatic heterocycles. The first kappa shape index (κ1) is 10.7. The second-order valence-corrected chi connectivity index (χ2v) is 2.99. The molecule has 0 spiro atoms. The Hall–Kier alpha value is -1.42. The van der Waals surface area contributed by atoms with Gasteiger partial charge in [-0.15, -0.1) is 0 Å². The third kappa shape index (κ3) is 2.53. The summed E-state index contributed by atoms with van der Waals surface area (Å²) in [5, 5.41) is 17.5. The van der Waals surface area contributed by atoms with E-state index in [0.717, 1.165) is 11.3 Å². The van der Waals surface area contributed by atoms with Crippen molar-refractivity contribution in [3.8, 4) is 0 Å². The van der Waals surface area contributed by atoms with Gasteiger partial charge in [-0.3, -0.25) is 9.78 Å². The van der Waals surface area contributed by atoms with E-state index in [1.54, 1.807) is 12.1 Å². The average Bonchev–Trinajstić information content (AvgIpc) is 2.17. The van der Waals surface area contributed by atoms with Crippen LogP contribution in [0.15, 0.2) is 12.1 Å². The second-order valence-electron chi connectivity index (χ2n) is 2.99. The van der Waals surface area contributed by atoms with Gasteiger partial charge in [-0.25, -0.2) is 0 Å². The molecule has 1 aromatic rings. The molecule has 0 aliphatic rings. The molecule has 0 fully saturated rings. The van der Waals surface area contributed by atoms with Gasteiger partial charge in [-0.1, -0.05) is 13.0 Å². The largest absolute Gasteiger partial charge is 0.481 e. The van der Waals surface area contributed by atoms with E-state index in [-0.39, 0.29) is 13.0 Å². The quantitative estimate of drug-likeness (QED) is 0.744. The van der Waals surface area contributed by atoms with E-state index in [9.17, 15) is 4.79 Å². The second kappa shape index (κ2) is 4.72. The lowest BCUT2D eigenvalue weighted by molar-refractivity contribution is -0.136. The zero-order valence-corrected chi connectivity index (χ0v) is 8.03. The summed E-state index contributed by atoms with van der Waals surface area (Å²) in [6, 6.07) is 3.36. The van der Waals surface area contributed by atoms with Gasteiger partial charge >= 0.3 is 5.97 Å². The van der Waals surface area contributed by atoms with Gasteiger partial charge in [-0.2, -0.15) is 0 Å². The predicted octanol–water partition coefficient (Wildman–Crippen LogP) is 0.763. The van der Waals surface area contributed by atoms with Crippen LogP contribution in [0.3, 0.4) is 0 Å². The number of nitrogens with zero attached hydrogens (tertiary/aromatic N) is 1. The summed E-state index contributed by atoms with van der Waals surface area (Å²) in [6.45, 7) is 1.80. The molecule has 0 atom stereocenters. The van der Waals surface area contributed by atoms with Crippen LogP contribution in [0.25, 0.3) is 0 Å². The smallest absolute Gasteiger partial charge is 0.307 e. The van der Waals surface area contributed by atoms with E-state index in [2.05, 4.69) is 4.98 Å². The zero-order chi connectivity index (χ0) is 10.6. The van der Waals surface area contributed by atoms with Gasteiger partial charge < -0.3 is 10.2 Å². The Balaban J connectivity index is 2.98. The van der Waals surface area contributed by atoms with E-state index in [4.69, 9.17) is 10.2 Å². The number of hydrogen-bond acceptors (Lipinski definition) is 3. The van der Waals surface area contributed by atoms with Crippen LogP contribution in [0.5, 0.6) is 0 Å². The molecule has 0 aliphatic carbocycles. The molecule has 4 heteroatoms. The Morgan fingerprint density at radius 1 is 1.50 bits per heavy atom. The number of aromatic nitrogens is 1. The molecule has 1 rings (SSSR count). The van der Waals surface area contributed by atoms with Gasteiger partial charge in [0.25, 0.3) is 0 Å². The van der Waals surface area contributed by atoms with Gasteiger partial charge in [0.05, 0.1) is 18.7 Å². The highest BCUT2D eigenvalue weighted by molar-refractivity contribution is 5.70. The number of aliphatic hydroxyl groups is 1. The lowest BCUT2D eigenvalue weighted by Crippen LogP contribution is -2.06. The van der Waals surface area contributed by atoms with Crippen molar-refractivity contribution in [2.24, 2.45) is 0 Å². The first-order valence-electron chi connectivity index (χ1n) is 4.47. The molecule has 0 amide bonds. The minimum Gasteiger partial charge on any atom is -0.481 e. The number of aryl methyl sites for hydroxylation is 1. The maximum absolute atomic E-state index is 10.5. The monoisotopic (exact) mass is 195 g/mol. The van der Waals surface area contributed by atoms with Crippen molar-refractivity contribution in [1.29, 1.82) is 0 Å². The van der Waals surface area contributed by atoms with Crippen LogP contribution in [-0.2, 0) is 24.2 Å². The first-order valence-corrected chi connectivity index (χ1v) is 4.47. The summed E-state index contributed by atoms with van der Waals surface area (Å²) in [5.41, 5.74) is 2.05. The molecule has 0 saturated heterocycles. The van der Waals surface area contributed by atoms with Crippen molar-refractivity contribution in [1.82, 2.24) is 4.98 Å². The van der Waals surface area contributed by atoms with Gasteiger partial charge in [0, 0.05) is 5.69 Å². The highest BCUT2D eigenvalue weighted by atomic mass is 16.4. The summed E-state index contributed by atoms with van der Waals surface area (Å²) in [5.74, 6) is -0.863. The van der Waals surface area contributed by atoms with E-state index in [1.165, 1.54) is 0 Å². The van der Waals surface area contributed by atoms with Crippen LogP contribution in [0.2, 0.25) is 0 Å². The molecule has 0 bridgehead atoms. The number of rotatable bonds is 4. The summed E-state index contributed by atoms with van der Waals surface area (Å²) < 4.78 is 0. The minimum atomic E-state index is -0.863. The molecule has 76 valence electrons. The van der Waals surface area contributed by atoms with Crippen LogP contribution in [0.4, 0.5) is 0 Å².